The highest BCUT2D eigenvalue weighted by Crippen LogP contribution is 2.14. The molecular formula is C9H9ClN2. The lowest BCUT2D eigenvalue weighted by molar-refractivity contribution is 0.968. The first kappa shape index (κ1) is 9.05. The fraction of sp³-hybridized carbons (Fsp3) is 0.222. The molecule has 0 fully saturated rings. The molecule has 0 aliphatic heterocycles. The topological polar surface area (TPSA) is 49.8 Å². The monoisotopic (exact) mass is 180 g/mol. The largest absolute Gasteiger partial charge is 0.330 e. The Labute approximate surface area is 76.6 Å². The van der Waals surface area contributed by atoms with Crippen molar-refractivity contribution in [1.82, 2.24) is 0 Å². The van der Waals surface area contributed by atoms with Gasteiger partial charge >= 0.3 is 0 Å². The normalized spacial score (nSPS) is 9.42. The van der Waals surface area contributed by atoms with Crippen molar-refractivity contribution in [1.29, 1.82) is 5.26 Å². The van der Waals surface area contributed by atoms with E-state index in [-0.39, 0.29) is 0 Å². The lowest BCUT2D eigenvalue weighted by atomic mass is 10.1. The van der Waals surface area contributed by atoms with Gasteiger partial charge in [-0.15, -0.1) is 0 Å². The Morgan fingerprint density at radius 1 is 1.42 bits per heavy atom. The lowest BCUT2D eigenvalue weighted by Crippen LogP contribution is -2.02. The highest BCUT2D eigenvalue weighted by molar-refractivity contribution is 6.30. The smallest absolute Gasteiger partial charge is 0.0992 e. The van der Waals surface area contributed by atoms with Crippen LogP contribution in [0.15, 0.2) is 18.2 Å². The molecule has 0 aliphatic rings. The number of nitrogens with zero attached hydrogens (tertiary/aromatic N) is 1. The molecule has 0 aromatic heterocycles. The molecule has 0 unspecified atom stereocenters. The average Bonchev–Trinajstić information content (AvgIpc) is 2.04. The Morgan fingerprint density at radius 3 is 2.75 bits per heavy atom. The number of benzene rings is 1. The maximum Gasteiger partial charge on any atom is 0.0992 e. The summed E-state index contributed by atoms with van der Waals surface area (Å²) in [5, 5.41) is 9.21. The van der Waals surface area contributed by atoms with Crippen molar-refractivity contribution in [3.63, 3.8) is 0 Å². The molecule has 0 spiro atoms. The molecule has 0 amide bonds. The van der Waals surface area contributed by atoms with Crippen molar-refractivity contribution >= 4 is 11.6 Å². The van der Waals surface area contributed by atoms with Crippen LogP contribution in [0.3, 0.4) is 0 Å². The summed E-state index contributed by atoms with van der Waals surface area (Å²) in [5.41, 5.74) is 6.98. The van der Waals surface area contributed by atoms with Crippen molar-refractivity contribution in [3.05, 3.63) is 34.3 Å². The molecule has 0 saturated heterocycles. The van der Waals surface area contributed by atoms with Crippen molar-refractivity contribution in [2.24, 2.45) is 5.73 Å². The molecule has 1 aromatic rings. The Morgan fingerprint density at radius 2 is 2.17 bits per heavy atom. The first-order valence-electron chi connectivity index (χ1n) is 3.66. The van der Waals surface area contributed by atoms with Crippen molar-refractivity contribution < 1.29 is 0 Å². The molecule has 0 heterocycles. The lowest BCUT2D eigenvalue weighted by Gasteiger charge is -1.99. The van der Waals surface area contributed by atoms with Crippen molar-refractivity contribution in [2.75, 3.05) is 6.54 Å². The molecule has 0 saturated carbocycles. The molecule has 1 aromatic carbocycles. The van der Waals surface area contributed by atoms with Gasteiger partial charge in [-0.2, -0.15) is 5.26 Å². The van der Waals surface area contributed by atoms with Crippen LogP contribution < -0.4 is 5.73 Å². The Balaban J connectivity index is 3.00. The van der Waals surface area contributed by atoms with Crippen LogP contribution in [0, 0.1) is 11.3 Å². The summed E-state index contributed by atoms with van der Waals surface area (Å²) in [6, 6.07) is 7.31. The second-order valence-electron chi connectivity index (χ2n) is 2.50. The fourth-order valence-electron chi connectivity index (χ4n) is 1.03. The van der Waals surface area contributed by atoms with E-state index in [1.165, 1.54) is 0 Å². The second-order valence-corrected chi connectivity index (χ2v) is 2.94. The van der Waals surface area contributed by atoms with Gasteiger partial charge in [0.1, 0.15) is 0 Å². The molecule has 0 atom stereocenters. The summed E-state index contributed by atoms with van der Waals surface area (Å²) in [6.45, 7) is 0.575. The van der Waals surface area contributed by atoms with Gasteiger partial charge in [-0.05, 0) is 36.7 Å². The highest BCUT2D eigenvalue weighted by atomic mass is 35.5. The zero-order valence-corrected chi connectivity index (χ0v) is 7.30. The quantitative estimate of drug-likeness (QED) is 0.754. The van der Waals surface area contributed by atoms with Gasteiger partial charge in [0.15, 0.2) is 0 Å². The third-order valence-corrected chi connectivity index (χ3v) is 1.74. The van der Waals surface area contributed by atoms with E-state index >= 15 is 0 Å². The van der Waals surface area contributed by atoms with Gasteiger partial charge in [0.25, 0.3) is 0 Å². The van der Waals surface area contributed by atoms with Gasteiger partial charge in [0.2, 0.25) is 0 Å². The van der Waals surface area contributed by atoms with Crippen molar-refractivity contribution in [2.45, 2.75) is 6.42 Å². The zero-order valence-electron chi connectivity index (χ0n) is 6.55. The number of rotatable bonds is 2. The number of halogens is 1. The van der Waals surface area contributed by atoms with E-state index in [1.54, 1.807) is 12.1 Å². The second kappa shape index (κ2) is 4.10. The first-order valence-corrected chi connectivity index (χ1v) is 4.03. The van der Waals surface area contributed by atoms with E-state index < -0.39 is 0 Å². The van der Waals surface area contributed by atoms with E-state index in [0.717, 1.165) is 12.0 Å². The van der Waals surface area contributed by atoms with E-state index in [4.69, 9.17) is 22.6 Å². The molecule has 62 valence electrons. The maximum absolute atomic E-state index is 8.61. The molecule has 0 radical (unpaired) electrons. The van der Waals surface area contributed by atoms with Crippen LogP contribution >= 0.6 is 11.6 Å². The predicted molar refractivity (Wildman–Crippen MR) is 48.9 cm³/mol. The zero-order chi connectivity index (χ0) is 8.97. The number of nitriles is 1. The summed E-state index contributed by atoms with van der Waals surface area (Å²) in [5.74, 6) is 0. The molecule has 12 heavy (non-hydrogen) atoms. The summed E-state index contributed by atoms with van der Waals surface area (Å²) in [7, 11) is 0. The highest BCUT2D eigenvalue weighted by Gasteiger charge is 1.97. The number of hydrogen-bond donors (Lipinski definition) is 1. The van der Waals surface area contributed by atoms with Crippen LogP contribution in [0.1, 0.15) is 11.1 Å². The Kier molecular flexibility index (Phi) is 3.09. The fourth-order valence-corrected chi connectivity index (χ4v) is 1.28. The minimum Gasteiger partial charge on any atom is -0.330 e. The molecule has 3 heteroatoms. The van der Waals surface area contributed by atoms with Gasteiger partial charge in [-0.3, -0.25) is 0 Å². The van der Waals surface area contributed by atoms with E-state index in [2.05, 4.69) is 0 Å². The van der Waals surface area contributed by atoms with E-state index in [9.17, 15) is 0 Å². The molecule has 2 N–H and O–H groups in total. The summed E-state index contributed by atoms with van der Waals surface area (Å²) in [6.07, 6.45) is 0.759. The van der Waals surface area contributed by atoms with Gasteiger partial charge in [0, 0.05) is 5.02 Å². The van der Waals surface area contributed by atoms with Crippen molar-refractivity contribution in [3.8, 4) is 6.07 Å². The van der Waals surface area contributed by atoms with Crippen LogP contribution in [0.5, 0.6) is 0 Å². The number of hydrogen-bond acceptors (Lipinski definition) is 2. The van der Waals surface area contributed by atoms with E-state index in [0.29, 0.717) is 17.1 Å². The first-order chi connectivity index (χ1) is 5.76. The molecule has 2 nitrogen and oxygen atoms in total. The van der Waals surface area contributed by atoms with Crippen LogP contribution in [-0.4, -0.2) is 6.54 Å². The van der Waals surface area contributed by atoms with Crippen LogP contribution in [0.4, 0.5) is 0 Å². The maximum atomic E-state index is 8.61. The Hall–Kier alpha value is -1.04. The standard InChI is InChI=1S/C9H9ClN2/c10-9-4-7(1-2-11)3-8(5-9)6-12/h3-5H,1-2,11H2. The van der Waals surface area contributed by atoms with E-state index in [1.807, 2.05) is 12.1 Å². The minimum atomic E-state index is 0.575. The molecule has 1 rings (SSSR count). The van der Waals surface area contributed by atoms with Crippen LogP contribution in [0.2, 0.25) is 5.02 Å². The van der Waals surface area contributed by atoms with Gasteiger partial charge < -0.3 is 5.73 Å². The molecule has 0 aliphatic carbocycles. The SMILES string of the molecule is N#Cc1cc(Cl)cc(CCN)c1. The third-order valence-electron chi connectivity index (χ3n) is 1.52. The summed E-state index contributed by atoms with van der Waals surface area (Å²) >= 11 is 5.77. The van der Waals surface area contributed by atoms with Gasteiger partial charge in [-0.25, -0.2) is 0 Å². The number of nitrogens with two attached hydrogens (primary N) is 1. The Bertz CT molecular complexity index is 315. The van der Waals surface area contributed by atoms with Gasteiger partial charge in [-0.1, -0.05) is 11.6 Å². The minimum absolute atomic E-state index is 0.575. The summed E-state index contributed by atoms with van der Waals surface area (Å²) < 4.78 is 0. The third kappa shape index (κ3) is 2.23. The average molecular weight is 181 g/mol. The van der Waals surface area contributed by atoms with Crippen LogP contribution in [0.25, 0.3) is 0 Å². The van der Waals surface area contributed by atoms with Crippen LogP contribution in [-0.2, 0) is 6.42 Å². The van der Waals surface area contributed by atoms with Gasteiger partial charge in [0.05, 0.1) is 11.6 Å². The molecular weight excluding hydrogens is 172 g/mol. The predicted octanol–water partition coefficient (Wildman–Crippen LogP) is 1.71. The summed E-state index contributed by atoms with van der Waals surface area (Å²) in [4.78, 5) is 0. The molecule has 0 bridgehead atoms.